The number of methoxy groups -OCH3 is 2. The van der Waals surface area contributed by atoms with Crippen LogP contribution in [-0.2, 0) is 10.0 Å². The van der Waals surface area contributed by atoms with E-state index >= 15 is 0 Å². The van der Waals surface area contributed by atoms with E-state index in [0.29, 0.717) is 37.7 Å². The van der Waals surface area contributed by atoms with Crippen LogP contribution in [0.4, 0.5) is 11.5 Å². The Morgan fingerprint density at radius 3 is 2.29 bits per heavy atom. The molecule has 0 atom stereocenters. The van der Waals surface area contributed by atoms with Gasteiger partial charge in [-0.3, -0.25) is 0 Å². The maximum atomic E-state index is 13.0. The summed E-state index contributed by atoms with van der Waals surface area (Å²) in [5.74, 6) is 1.62. The molecular formula is C18H25N5O4S. The van der Waals surface area contributed by atoms with Gasteiger partial charge < -0.3 is 19.3 Å². The maximum Gasteiger partial charge on any atom is 0.243 e. The lowest BCUT2D eigenvalue weighted by atomic mass is 10.3. The first kappa shape index (κ1) is 20.2. The topological polar surface area (TPSA) is 88.1 Å². The smallest absolute Gasteiger partial charge is 0.243 e. The van der Waals surface area contributed by atoms with E-state index in [0.717, 1.165) is 11.5 Å². The average Bonchev–Trinajstić information content (AvgIpc) is 2.73. The summed E-state index contributed by atoms with van der Waals surface area (Å²) in [7, 11) is 3.25. The molecule has 0 spiro atoms. The second kappa shape index (κ2) is 8.19. The van der Waals surface area contributed by atoms with E-state index < -0.39 is 10.0 Å². The van der Waals surface area contributed by atoms with E-state index in [1.54, 1.807) is 12.3 Å². The average molecular weight is 407 g/mol. The molecule has 1 saturated heterocycles. The van der Waals surface area contributed by atoms with E-state index in [1.807, 2.05) is 30.0 Å². The molecule has 1 fully saturated rings. The molecule has 3 rings (SSSR count). The van der Waals surface area contributed by atoms with Crippen molar-refractivity contribution in [1.82, 2.24) is 14.5 Å². The number of hydrogen-bond donors (Lipinski definition) is 0. The second-order valence-corrected chi connectivity index (χ2v) is 8.51. The Kier molecular flexibility index (Phi) is 5.90. The number of rotatable bonds is 6. The fourth-order valence-corrected chi connectivity index (χ4v) is 4.47. The monoisotopic (exact) mass is 407 g/mol. The standard InChI is InChI=1S/C18H25N5O4S/c1-21(2)14-11-18(20-19-13-14)22-7-9-23(10-8-22)28(24,25)15-5-6-16(26-3)17(12-15)27-4/h5-6,11-13H,7-10H2,1-4H3. The van der Waals surface area contributed by atoms with Crippen LogP contribution in [-0.4, -0.2) is 77.4 Å². The van der Waals surface area contributed by atoms with Gasteiger partial charge in [0, 0.05) is 52.4 Å². The van der Waals surface area contributed by atoms with Crippen LogP contribution in [0, 0.1) is 0 Å². The number of aromatic nitrogens is 2. The van der Waals surface area contributed by atoms with Gasteiger partial charge in [0.25, 0.3) is 0 Å². The van der Waals surface area contributed by atoms with Crippen LogP contribution in [0.2, 0.25) is 0 Å². The maximum absolute atomic E-state index is 13.0. The Morgan fingerprint density at radius 1 is 1.00 bits per heavy atom. The summed E-state index contributed by atoms with van der Waals surface area (Å²) in [5.41, 5.74) is 0.949. The molecule has 0 unspecified atom stereocenters. The molecule has 152 valence electrons. The molecule has 2 aromatic rings. The molecule has 1 aromatic heterocycles. The normalized spacial score (nSPS) is 15.4. The molecule has 2 heterocycles. The van der Waals surface area contributed by atoms with Gasteiger partial charge in [-0.05, 0) is 12.1 Å². The summed E-state index contributed by atoms with van der Waals surface area (Å²) in [4.78, 5) is 4.18. The molecule has 1 aliphatic rings. The lowest BCUT2D eigenvalue weighted by Gasteiger charge is -2.34. The minimum Gasteiger partial charge on any atom is -0.493 e. The van der Waals surface area contributed by atoms with E-state index in [2.05, 4.69) is 10.2 Å². The Morgan fingerprint density at radius 2 is 1.68 bits per heavy atom. The predicted octanol–water partition coefficient (Wildman–Crippen LogP) is 1.07. The van der Waals surface area contributed by atoms with Gasteiger partial charge in [-0.1, -0.05) is 0 Å². The molecule has 0 N–H and O–H groups in total. The fourth-order valence-electron chi connectivity index (χ4n) is 3.03. The van der Waals surface area contributed by atoms with Crippen molar-refractivity contribution in [3.8, 4) is 11.5 Å². The minimum absolute atomic E-state index is 0.188. The molecule has 0 aliphatic carbocycles. The number of benzene rings is 1. The zero-order valence-electron chi connectivity index (χ0n) is 16.5. The van der Waals surface area contributed by atoms with Crippen LogP contribution >= 0.6 is 0 Å². The molecule has 9 nitrogen and oxygen atoms in total. The van der Waals surface area contributed by atoms with Crippen molar-refractivity contribution < 1.29 is 17.9 Å². The van der Waals surface area contributed by atoms with Crippen molar-refractivity contribution in [2.24, 2.45) is 0 Å². The highest BCUT2D eigenvalue weighted by atomic mass is 32.2. The largest absolute Gasteiger partial charge is 0.493 e. The lowest BCUT2D eigenvalue weighted by molar-refractivity contribution is 0.353. The summed E-state index contributed by atoms with van der Waals surface area (Å²) >= 11 is 0. The van der Waals surface area contributed by atoms with Crippen molar-refractivity contribution in [2.75, 3.05) is 64.3 Å². The Labute approximate surface area is 165 Å². The van der Waals surface area contributed by atoms with Gasteiger partial charge in [-0.15, -0.1) is 5.10 Å². The quantitative estimate of drug-likeness (QED) is 0.703. The summed E-state index contributed by atoms with van der Waals surface area (Å²) < 4.78 is 37.9. The highest BCUT2D eigenvalue weighted by molar-refractivity contribution is 7.89. The van der Waals surface area contributed by atoms with Gasteiger partial charge in [-0.2, -0.15) is 9.40 Å². The number of anilines is 2. The van der Waals surface area contributed by atoms with Crippen LogP contribution in [0.15, 0.2) is 35.4 Å². The first-order valence-electron chi connectivity index (χ1n) is 8.84. The molecule has 28 heavy (non-hydrogen) atoms. The number of hydrogen-bond acceptors (Lipinski definition) is 8. The lowest BCUT2D eigenvalue weighted by Crippen LogP contribution is -2.49. The van der Waals surface area contributed by atoms with Crippen LogP contribution in [0.1, 0.15) is 0 Å². The van der Waals surface area contributed by atoms with Crippen molar-refractivity contribution in [3.63, 3.8) is 0 Å². The van der Waals surface area contributed by atoms with Crippen molar-refractivity contribution in [3.05, 3.63) is 30.5 Å². The molecule has 10 heteroatoms. The summed E-state index contributed by atoms with van der Waals surface area (Å²) in [5, 5.41) is 8.22. The molecule has 0 bridgehead atoms. The van der Waals surface area contributed by atoms with Crippen LogP contribution in [0.3, 0.4) is 0 Å². The number of piperazine rings is 1. The second-order valence-electron chi connectivity index (χ2n) is 6.57. The van der Waals surface area contributed by atoms with Gasteiger partial charge >= 0.3 is 0 Å². The van der Waals surface area contributed by atoms with Crippen molar-refractivity contribution in [1.29, 1.82) is 0 Å². The molecule has 1 aromatic carbocycles. The van der Waals surface area contributed by atoms with Crippen molar-refractivity contribution in [2.45, 2.75) is 4.90 Å². The Bertz CT molecular complexity index is 927. The van der Waals surface area contributed by atoms with Gasteiger partial charge in [0.05, 0.1) is 31.0 Å². The third kappa shape index (κ3) is 3.97. The molecule has 0 amide bonds. The summed E-state index contributed by atoms with van der Waals surface area (Å²) in [6.07, 6.45) is 1.70. The summed E-state index contributed by atoms with van der Waals surface area (Å²) in [6, 6.07) is 6.58. The fraction of sp³-hybridized carbons (Fsp3) is 0.444. The first-order chi connectivity index (χ1) is 13.4. The highest BCUT2D eigenvalue weighted by Crippen LogP contribution is 2.31. The van der Waals surface area contributed by atoms with Crippen LogP contribution in [0.5, 0.6) is 11.5 Å². The van der Waals surface area contributed by atoms with Crippen molar-refractivity contribution >= 4 is 21.5 Å². The third-order valence-corrected chi connectivity index (χ3v) is 6.59. The molecule has 0 radical (unpaired) electrons. The van der Waals surface area contributed by atoms with Gasteiger partial charge in [0.15, 0.2) is 17.3 Å². The van der Waals surface area contributed by atoms with E-state index in [1.165, 1.54) is 30.7 Å². The number of ether oxygens (including phenoxy) is 2. The van der Waals surface area contributed by atoms with Gasteiger partial charge in [0.2, 0.25) is 10.0 Å². The third-order valence-electron chi connectivity index (χ3n) is 4.70. The predicted molar refractivity (Wildman–Crippen MR) is 107 cm³/mol. The number of nitrogens with zero attached hydrogens (tertiary/aromatic N) is 5. The van der Waals surface area contributed by atoms with Gasteiger partial charge in [0.1, 0.15) is 0 Å². The van der Waals surface area contributed by atoms with Crippen LogP contribution < -0.4 is 19.3 Å². The van der Waals surface area contributed by atoms with Crippen LogP contribution in [0.25, 0.3) is 0 Å². The Hall–Kier alpha value is -2.59. The van der Waals surface area contributed by atoms with Gasteiger partial charge in [-0.25, -0.2) is 8.42 Å². The van der Waals surface area contributed by atoms with E-state index in [9.17, 15) is 8.42 Å². The highest BCUT2D eigenvalue weighted by Gasteiger charge is 2.30. The molecular weight excluding hydrogens is 382 g/mol. The zero-order chi connectivity index (χ0) is 20.3. The minimum atomic E-state index is -3.62. The summed E-state index contributed by atoms with van der Waals surface area (Å²) in [6.45, 7) is 1.81. The first-order valence-corrected chi connectivity index (χ1v) is 10.3. The van der Waals surface area contributed by atoms with E-state index in [4.69, 9.17) is 9.47 Å². The molecule has 1 aliphatic heterocycles. The Balaban J connectivity index is 1.74. The number of sulfonamides is 1. The van der Waals surface area contributed by atoms with E-state index in [-0.39, 0.29) is 4.90 Å². The molecule has 0 saturated carbocycles. The SMILES string of the molecule is COc1ccc(S(=O)(=O)N2CCN(c3cc(N(C)C)cnn3)CC2)cc1OC. The zero-order valence-corrected chi connectivity index (χ0v) is 17.3.